The van der Waals surface area contributed by atoms with E-state index in [2.05, 4.69) is 16.0 Å². The zero-order valence-electron chi connectivity index (χ0n) is 22.2. The van der Waals surface area contributed by atoms with Crippen LogP contribution in [0.2, 0.25) is 0 Å². The molecule has 36 heavy (non-hydrogen) atoms. The van der Waals surface area contributed by atoms with E-state index in [1.54, 1.807) is 20.8 Å². The van der Waals surface area contributed by atoms with E-state index in [-0.39, 0.29) is 18.4 Å². The number of hydrogen-bond donors (Lipinski definition) is 4. The third kappa shape index (κ3) is 14.2. The van der Waals surface area contributed by atoms with Crippen LogP contribution in [0.3, 0.4) is 0 Å². The van der Waals surface area contributed by atoms with Gasteiger partial charge in [0.2, 0.25) is 5.91 Å². The summed E-state index contributed by atoms with van der Waals surface area (Å²) in [4.78, 5) is 48.6. The summed E-state index contributed by atoms with van der Waals surface area (Å²) in [5.41, 5.74) is -0.173. The van der Waals surface area contributed by atoms with E-state index in [1.165, 1.54) is 0 Å². The summed E-state index contributed by atoms with van der Waals surface area (Å²) in [7, 11) is 0. The molecule has 0 saturated carbocycles. The quantitative estimate of drug-likeness (QED) is 0.313. The Kier molecular flexibility index (Phi) is 12.2. The predicted molar refractivity (Wildman–Crippen MR) is 135 cm³/mol. The summed E-state index contributed by atoms with van der Waals surface area (Å²) in [5, 5.41) is 17.3. The maximum absolute atomic E-state index is 12.9. The normalized spacial score (nSPS) is 13.2. The molecule has 0 saturated heterocycles. The molecule has 1 aromatic rings. The lowest BCUT2D eigenvalue weighted by Gasteiger charge is -2.28. The molecule has 0 aromatic heterocycles. The van der Waals surface area contributed by atoms with Gasteiger partial charge < -0.3 is 30.5 Å². The summed E-state index contributed by atoms with van der Waals surface area (Å²) in [5.74, 6) is -1.77. The van der Waals surface area contributed by atoms with E-state index in [1.807, 2.05) is 51.1 Å². The van der Waals surface area contributed by atoms with Crippen molar-refractivity contribution in [1.82, 2.24) is 16.0 Å². The van der Waals surface area contributed by atoms with Gasteiger partial charge in [-0.2, -0.15) is 0 Å². The topological polar surface area (TPSA) is 143 Å². The van der Waals surface area contributed by atoms with Gasteiger partial charge in [-0.3, -0.25) is 4.79 Å². The minimum Gasteiger partial charge on any atom is -0.480 e. The van der Waals surface area contributed by atoms with Crippen LogP contribution in [0.1, 0.15) is 72.8 Å². The van der Waals surface area contributed by atoms with Gasteiger partial charge in [-0.15, -0.1) is 0 Å². The Morgan fingerprint density at radius 3 is 2.08 bits per heavy atom. The number of nitrogens with one attached hydrogen (secondary N) is 3. The minimum absolute atomic E-state index is 0.160. The van der Waals surface area contributed by atoms with Crippen molar-refractivity contribution >= 4 is 24.1 Å². The Labute approximate surface area is 213 Å². The van der Waals surface area contributed by atoms with Crippen LogP contribution >= 0.6 is 0 Å². The van der Waals surface area contributed by atoms with Crippen molar-refractivity contribution in [2.45, 2.75) is 91.5 Å². The number of carboxylic acids is 1. The maximum Gasteiger partial charge on any atom is 0.408 e. The van der Waals surface area contributed by atoms with E-state index < -0.39 is 41.7 Å². The van der Waals surface area contributed by atoms with Gasteiger partial charge in [0.15, 0.2) is 0 Å². The smallest absolute Gasteiger partial charge is 0.408 e. The molecule has 202 valence electrons. The van der Waals surface area contributed by atoms with Gasteiger partial charge >= 0.3 is 18.2 Å². The number of ether oxygens (including phenoxy) is 2. The molecule has 0 unspecified atom stereocenters. The summed E-state index contributed by atoms with van der Waals surface area (Å²) < 4.78 is 10.4. The Balaban J connectivity index is 2.52. The molecule has 0 bridgehead atoms. The molecule has 2 atom stereocenters. The van der Waals surface area contributed by atoms with Crippen molar-refractivity contribution in [3.8, 4) is 0 Å². The van der Waals surface area contributed by atoms with E-state index in [9.17, 15) is 24.3 Å². The van der Waals surface area contributed by atoms with Crippen LogP contribution < -0.4 is 16.0 Å². The second-order valence-corrected chi connectivity index (χ2v) is 10.8. The first-order valence-electron chi connectivity index (χ1n) is 12.1. The highest BCUT2D eigenvalue weighted by Gasteiger charge is 2.31. The third-order valence-electron chi connectivity index (χ3n) is 4.84. The standard InChI is InChI=1S/C26H41N3O7/c1-25(2,3)16-20(29-24(34)36-26(4,5)6)21(30)28-19(22(31)32)14-10-11-15-27-23(33)35-17-18-12-8-7-9-13-18/h7-9,12-13,19-20H,10-11,14-17H2,1-6H3,(H,27,33)(H,28,30)(H,29,34)(H,31,32)/t19-,20+/m0/s1. The summed E-state index contributed by atoms with van der Waals surface area (Å²) in [6.07, 6.45) is 0.0983. The van der Waals surface area contributed by atoms with Crippen LogP contribution in [-0.2, 0) is 25.7 Å². The predicted octanol–water partition coefficient (Wildman–Crippen LogP) is 3.98. The zero-order chi connectivity index (χ0) is 27.4. The average molecular weight is 508 g/mol. The Hall–Kier alpha value is -3.30. The fourth-order valence-corrected chi connectivity index (χ4v) is 3.24. The summed E-state index contributed by atoms with van der Waals surface area (Å²) in [6.45, 7) is 11.3. The molecule has 10 heteroatoms. The second kappa shape index (κ2) is 14.3. The van der Waals surface area contributed by atoms with E-state index in [4.69, 9.17) is 9.47 Å². The largest absolute Gasteiger partial charge is 0.480 e. The number of unbranched alkanes of at least 4 members (excludes halogenated alkanes) is 1. The van der Waals surface area contributed by atoms with Crippen LogP contribution in [0.25, 0.3) is 0 Å². The number of amides is 3. The molecule has 0 fully saturated rings. The fraction of sp³-hybridized carbons (Fsp3) is 0.615. The highest BCUT2D eigenvalue weighted by molar-refractivity contribution is 5.89. The van der Waals surface area contributed by atoms with Crippen LogP contribution in [-0.4, -0.2) is 53.4 Å². The molecular weight excluding hydrogens is 466 g/mol. The molecule has 1 aromatic carbocycles. The van der Waals surface area contributed by atoms with Gasteiger partial charge in [-0.05, 0) is 57.4 Å². The van der Waals surface area contributed by atoms with Gasteiger partial charge in [0, 0.05) is 6.54 Å². The first kappa shape index (κ1) is 30.7. The molecule has 1 rings (SSSR count). The van der Waals surface area contributed by atoms with Crippen molar-refractivity contribution in [1.29, 1.82) is 0 Å². The summed E-state index contributed by atoms with van der Waals surface area (Å²) >= 11 is 0. The van der Waals surface area contributed by atoms with Crippen molar-refractivity contribution in [3.63, 3.8) is 0 Å². The molecular formula is C26H41N3O7. The molecule has 3 amide bonds. The first-order chi connectivity index (χ1) is 16.7. The minimum atomic E-state index is -1.18. The Morgan fingerprint density at radius 1 is 0.889 bits per heavy atom. The van der Waals surface area contributed by atoms with Gasteiger partial charge in [-0.25, -0.2) is 14.4 Å². The maximum atomic E-state index is 12.9. The van der Waals surface area contributed by atoms with Crippen molar-refractivity contribution in [3.05, 3.63) is 35.9 Å². The highest BCUT2D eigenvalue weighted by atomic mass is 16.6. The fourth-order valence-electron chi connectivity index (χ4n) is 3.24. The lowest BCUT2D eigenvalue weighted by Crippen LogP contribution is -2.53. The SMILES string of the molecule is CC(C)(C)C[C@@H](NC(=O)OC(C)(C)C)C(=O)N[C@@H](CCCCNC(=O)OCc1ccccc1)C(=O)O. The Morgan fingerprint density at radius 2 is 1.53 bits per heavy atom. The van der Waals surface area contributed by atoms with Crippen molar-refractivity contribution in [2.24, 2.45) is 5.41 Å². The average Bonchev–Trinajstić information content (AvgIpc) is 2.74. The molecule has 0 heterocycles. The lowest BCUT2D eigenvalue weighted by molar-refractivity contribution is -0.142. The first-order valence-corrected chi connectivity index (χ1v) is 12.1. The molecule has 0 aliphatic rings. The van der Waals surface area contributed by atoms with E-state index in [0.29, 0.717) is 25.8 Å². The van der Waals surface area contributed by atoms with Gasteiger partial charge in [0.1, 0.15) is 24.3 Å². The number of rotatable bonds is 12. The third-order valence-corrected chi connectivity index (χ3v) is 4.84. The molecule has 0 aliphatic carbocycles. The number of carboxylic acid groups (broad SMARTS) is 1. The lowest BCUT2D eigenvalue weighted by atomic mass is 9.87. The number of aliphatic carboxylic acids is 1. The molecule has 0 aliphatic heterocycles. The summed E-state index contributed by atoms with van der Waals surface area (Å²) in [6, 6.07) is 7.19. The van der Waals surface area contributed by atoms with Crippen molar-refractivity contribution < 1.29 is 33.8 Å². The number of carbonyl (C=O) groups is 4. The van der Waals surface area contributed by atoms with Gasteiger partial charge in [0.25, 0.3) is 0 Å². The van der Waals surface area contributed by atoms with E-state index in [0.717, 1.165) is 5.56 Å². The van der Waals surface area contributed by atoms with Crippen LogP contribution in [0.5, 0.6) is 0 Å². The number of hydrogen-bond acceptors (Lipinski definition) is 6. The highest BCUT2D eigenvalue weighted by Crippen LogP contribution is 2.21. The van der Waals surface area contributed by atoms with Crippen molar-refractivity contribution in [2.75, 3.05) is 6.54 Å². The molecule has 0 radical (unpaired) electrons. The number of carbonyl (C=O) groups excluding carboxylic acids is 3. The molecule has 4 N–H and O–H groups in total. The Bertz CT molecular complexity index is 861. The van der Waals surface area contributed by atoms with Crippen LogP contribution in [0.15, 0.2) is 30.3 Å². The molecule has 10 nitrogen and oxygen atoms in total. The zero-order valence-corrected chi connectivity index (χ0v) is 22.2. The van der Waals surface area contributed by atoms with Gasteiger partial charge in [0.05, 0.1) is 0 Å². The number of alkyl carbamates (subject to hydrolysis) is 2. The second-order valence-electron chi connectivity index (χ2n) is 10.8. The molecule has 0 spiro atoms. The van der Waals surface area contributed by atoms with Crippen LogP contribution in [0, 0.1) is 5.41 Å². The van der Waals surface area contributed by atoms with E-state index >= 15 is 0 Å². The number of benzene rings is 1. The van der Waals surface area contributed by atoms with Gasteiger partial charge in [-0.1, -0.05) is 51.1 Å². The van der Waals surface area contributed by atoms with Crippen LogP contribution in [0.4, 0.5) is 9.59 Å². The monoisotopic (exact) mass is 507 g/mol.